The Bertz CT molecular complexity index is 641. The standard InChI is InChI=1S/C14H18N4O2/c1-8-6-12(16-11(4)15-8)7-20-14(19)13-9(2)17-18(5)10(13)3/h6H,7H2,1-5H3. The van der Waals surface area contributed by atoms with Crippen molar-refractivity contribution in [3.63, 3.8) is 0 Å². The molecule has 0 spiro atoms. The van der Waals surface area contributed by atoms with Crippen molar-refractivity contribution in [3.8, 4) is 0 Å². The molecule has 2 heterocycles. The lowest BCUT2D eigenvalue weighted by Gasteiger charge is -2.06. The number of carbonyl (C=O) groups is 1. The van der Waals surface area contributed by atoms with Gasteiger partial charge in [-0.3, -0.25) is 4.68 Å². The van der Waals surface area contributed by atoms with E-state index >= 15 is 0 Å². The number of hydrogen-bond donors (Lipinski definition) is 0. The van der Waals surface area contributed by atoms with Gasteiger partial charge in [-0.2, -0.15) is 5.10 Å². The van der Waals surface area contributed by atoms with E-state index in [9.17, 15) is 4.79 Å². The molecule has 6 nitrogen and oxygen atoms in total. The van der Waals surface area contributed by atoms with E-state index in [4.69, 9.17) is 4.74 Å². The van der Waals surface area contributed by atoms with Crippen LogP contribution in [-0.2, 0) is 18.4 Å². The fourth-order valence-electron chi connectivity index (χ4n) is 2.15. The minimum absolute atomic E-state index is 0.136. The van der Waals surface area contributed by atoms with Crippen LogP contribution in [0.3, 0.4) is 0 Å². The van der Waals surface area contributed by atoms with Crippen molar-refractivity contribution < 1.29 is 9.53 Å². The molecular formula is C14H18N4O2. The summed E-state index contributed by atoms with van der Waals surface area (Å²) in [4.78, 5) is 20.6. The average molecular weight is 274 g/mol. The van der Waals surface area contributed by atoms with Gasteiger partial charge in [0.25, 0.3) is 0 Å². The van der Waals surface area contributed by atoms with E-state index in [1.165, 1.54) is 0 Å². The van der Waals surface area contributed by atoms with Crippen molar-refractivity contribution in [2.75, 3.05) is 0 Å². The molecule has 0 saturated heterocycles. The summed E-state index contributed by atoms with van der Waals surface area (Å²) in [7, 11) is 1.80. The summed E-state index contributed by atoms with van der Waals surface area (Å²) in [5, 5.41) is 4.21. The Morgan fingerprint density at radius 3 is 2.50 bits per heavy atom. The van der Waals surface area contributed by atoms with Crippen LogP contribution in [0, 0.1) is 27.7 Å². The number of carbonyl (C=O) groups excluding carboxylic acids is 1. The smallest absolute Gasteiger partial charge is 0.342 e. The van der Waals surface area contributed by atoms with Crippen molar-refractivity contribution in [2.45, 2.75) is 34.3 Å². The number of ether oxygens (including phenoxy) is 1. The topological polar surface area (TPSA) is 69.9 Å². The zero-order chi connectivity index (χ0) is 14.9. The van der Waals surface area contributed by atoms with Crippen molar-refractivity contribution in [3.05, 3.63) is 40.2 Å². The van der Waals surface area contributed by atoms with Crippen LogP contribution in [0.4, 0.5) is 0 Å². The summed E-state index contributed by atoms with van der Waals surface area (Å²) in [5.41, 5.74) is 3.54. The zero-order valence-corrected chi connectivity index (χ0v) is 12.4. The Morgan fingerprint density at radius 1 is 1.25 bits per heavy atom. The molecule has 106 valence electrons. The van der Waals surface area contributed by atoms with E-state index in [-0.39, 0.29) is 12.6 Å². The largest absolute Gasteiger partial charge is 0.455 e. The van der Waals surface area contributed by atoms with E-state index in [2.05, 4.69) is 15.1 Å². The molecule has 0 saturated carbocycles. The zero-order valence-electron chi connectivity index (χ0n) is 12.4. The number of aryl methyl sites for hydroxylation is 4. The first kappa shape index (κ1) is 14.2. The number of esters is 1. The Hall–Kier alpha value is -2.24. The molecule has 0 fully saturated rings. The predicted molar refractivity (Wildman–Crippen MR) is 73.3 cm³/mol. The normalized spacial score (nSPS) is 10.7. The Morgan fingerprint density at radius 2 is 1.95 bits per heavy atom. The molecule has 0 unspecified atom stereocenters. The summed E-state index contributed by atoms with van der Waals surface area (Å²) >= 11 is 0. The van der Waals surface area contributed by atoms with Crippen LogP contribution in [0.15, 0.2) is 6.07 Å². The van der Waals surface area contributed by atoms with E-state index in [0.29, 0.717) is 22.8 Å². The third-order valence-electron chi connectivity index (χ3n) is 3.08. The lowest BCUT2D eigenvalue weighted by Crippen LogP contribution is -2.09. The van der Waals surface area contributed by atoms with Crippen LogP contribution in [0.2, 0.25) is 0 Å². The first-order valence-corrected chi connectivity index (χ1v) is 6.37. The highest BCUT2D eigenvalue weighted by atomic mass is 16.5. The molecule has 2 rings (SSSR count). The maximum atomic E-state index is 12.1. The van der Waals surface area contributed by atoms with Gasteiger partial charge in [0.1, 0.15) is 18.0 Å². The molecule has 20 heavy (non-hydrogen) atoms. The highest BCUT2D eigenvalue weighted by Gasteiger charge is 2.18. The van der Waals surface area contributed by atoms with E-state index in [0.717, 1.165) is 11.4 Å². The fourth-order valence-corrected chi connectivity index (χ4v) is 2.15. The minimum Gasteiger partial charge on any atom is -0.455 e. The molecule has 2 aromatic heterocycles. The Balaban J connectivity index is 2.12. The molecular weight excluding hydrogens is 256 g/mol. The molecule has 0 aromatic carbocycles. The highest BCUT2D eigenvalue weighted by molar-refractivity contribution is 5.91. The third-order valence-corrected chi connectivity index (χ3v) is 3.08. The quantitative estimate of drug-likeness (QED) is 0.798. The van der Waals surface area contributed by atoms with E-state index in [1.54, 1.807) is 18.7 Å². The maximum absolute atomic E-state index is 12.1. The van der Waals surface area contributed by atoms with Crippen LogP contribution in [0.1, 0.15) is 39.0 Å². The highest BCUT2D eigenvalue weighted by Crippen LogP contribution is 2.14. The van der Waals surface area contributed by atoms with Gasteiger partial charge < -0.3 is 4.74 Å². The van der Waals surface area contributed by atoms with Crippen LogP contribution in [-0.4, -0.2) is 25.7 Å². The van der Waals surface area contributed by atoms with Crippen molar-refractivity contribution in [1.82, 2.24) is 19.7 Å². The van der Waals surface area contributed by atoms with Gasteiger partial charge in [-0.1, -0.05) is 0 Å². The molecule has 0 atom stereocenters. The molecule has 0 aliphatic carbocycles. The number of rotatable bonds is 3. The molecule has 0 amide bonds. The Kier molecular flexibility index (Phi) is 3.83. The first-order chi connectivity index (χ1) is 9.38. The van der Waals surface area contributed by atoms with Gasteiger partial charge >= 0.3 is 5.97 Å². The first-order valence-electron chi connectivity index (χ1n) is 6.37. The molecule has 0 N–H and O–H groups in total. The van der Waals surface area contributed by atoms with Gasteiger partial charge in [-0.15, -0.1) is 0 Å². The van der Waals surface area contributed by atoms with E-state index in [1.807, 2.05) is 26.8 Å². The third kappa shape index (κ3) is 2.84. The Labute approximate surface area is 117 Å². The van der Waals surface area contributed by atoms with Crippen molar-refractivity contribution in [1.29, 1.82) is 0 Å². The van der Waals surface area contributed by atoms with Crippen LogP contribution in [0.5, 0.6) is 0 Å². The fraction of sp³-hybridized carbons (Fsp3) is 0.429. The number of hydrogen-bond acceptors (Lipinski definition) is 5. The summed E-state index contributed by atoms with van der Waals surface area (Å²) in [6, 6.07) is 1.81. The van der Waals surface area contributed by atoms with Gasteiger partial charge in [0.15, 0.2) is 0 Å². The van der Waals surface area contributed by atoms with E-state index < -0.39 is 0 Å². The lowest BCUT2D eigenvalue weighted by atomic mass is 10.2. The van der Waals surface area contributed by atoms with Gasteiger partial charge in [-0.25, -0.2) is 14.8 Å². The maximum Gasteiger partial charge on any atom is 0.342 e. The predicted octanol–water partition coefficient (Wildman–Crippen LogP) is 1.80. The van der Waals surface area contributed by atoms with Crippen molar-refractivity contribution in [2.24, 2.45) is 7.05 Å². The molecule has 2 aromatic rings. The monoisotopic (exact) mass is 274 g/mol. The molecule has 0 aliphatic heterocycles. The minimum atomic E-state index is -0.373. The van der Waals surface area contributed by atoms with Gasteiger partial charge in [0, 0.05) is 18.4 Å². The molecule has 0 bridgehead atoms. The van der Waals surface area contributed by atoms with Crippen LogP contribution in [0.25, 0.3) is 0 Å². The lowest BCUT2D eigenvalue weighted by molar-refractivity contribution is 0.0465. The van der Waals surface area contributed by atoms with Crippen LogP contribution >= 0.6 is 0 Å². The van der Waals surface area contributed by atoms with Gasteiger partial charge in [0.2, 0.25) is 0 Å². The second kappa shape index (κ2) is 5.40. The average Bonchev–Trinajstić information content (AvgIpc) is 2.59. The second-order valence-corrected chi connectivity index (χ2v) is 4.79. The molecule has 0 radical (unpaired) electrons. The molecule has 0 aliphatic rings. The summed E-state index contributed by atoms with van der Waals surface area (Å²) in [5.74, 6) is 0.298. The second-order valence-electron chi connectivity index (χ2n) is 4.79. The SMILES string of the molecule is Cc1cc(COC(=O)c2c(C)nn(C)c2C)nc(C)n1. The molecule has 6 heteroatoms. The van der Waals surface area contributed by atoms with Gasteiger partial charge in [-0.05, 0) is 33.8 Å². The van der Waals surface area contributed by atoms with Gasteiger partial charge in [0.05, 0.1) is 11.4 Å². The number of aromatic nitrogens is 4. The van der Waals surface area contributed by atoms with Crippen LogP contribution < -0.4 is 0 Å². The number of nitrogens with zero attached hydrogens (tertiary/aromatic N) is 4. The van der Waals surface area contributed by atoms with Crippen molar-refractivity contribution >= 4 is 5.97 Å². The summed E-state index contributed by atoms with van der Waals surface area (Å²) < 4.78 is 6.99. The summed E-state index contributed by atoms with van der Waals surface area (Å²) in [6.07, 6.45) is 0. The summed E-state index contributed by atoms with van der Waals surface area (Å²) in [6.45, 7) is 7.47.